The maximum atomic E-state index is 15.2. The van der Waals surface area contributed by atoms with Crippen molar-refractivity contribution < 1.29 is 9.18 Å². The number of hydrogen-bond donors (Lipinski definition) is 1. The number of carbonyl (C=O) groups excluding carboxylic acids is 1. The van der Waals surface area contributed by atoms with Crippen molar-refractivity contribution in [2.45, 2.75) is 44.3 Å². The van der Waals surface area contributed by atoms with Crippen molar-refractivity contribution in [2.75, 3.05) is 7.05 Å². The summed E-state index contributed by atoms with van der Waals surface area (Å²) in [5, 5.41) is 13.9. The highest BCUT2D eigenvalue weighted by Gasteiger charge is 2.32. The molecular formula is C30H27ClFN3OS. The van der Waals surface area contributed by atoms with Crippen LogP contribution in [0.3, 0.4) is 0 Å². The molecule has 1 amide bonds. The van der Waals surface area contributed by atoms with Gasteiger partial charge in [-0.1, -0.05) is 48.0 Å². The number of thiophene rings is 1. The van der Waals surface area contributed by atoms with Crippen molar-refractivity contribution in [3.63, 3.8) is 0 Å². The number of nitrogens with zero attached hydrogens (tertiary/aromatic N) is 2. The highest BCUT2D eigenvalue weighted by Crippen LogP contribution is 2.38. The summed E-state index contributed by atoms with van der Waals surface area (Å²) in [6.45, 7) is 0.149. The Bertz CT molecular complexity index is 1490. The van der Waals surface area contributed by atoms with E-state index in [1.54, 1.807) is 24.3 Å². The van der Waals surface area contributed by atoms with E-state index in [1.165, 1.54) is 17.4 Å². The van der Waals surface area contributed by atoms with E-state index in [0.717, 1.165) is 46.9 Å². The van der Waals surface area contributed by atoms with E-state index in [4.69, 9.17) is 11.6 Å². The van der Waals surface area contributed by atoms with Crippen LogP contribution in [-0.2, 0) is 6.54 Å². The topological polar surface area (TPSA) is 56.1 Å². The minimum Gasteiger partial charge on any atom is -0.330 e. The molecule has 1 heterocycles. The first-order valence-corrected chi connectivity index (χ1v) is 13.6. The molecule has 1 aliphatic rings. The van der Waals surface area contributed by atoms with Gasteiger partial charge in [0.05, 0.1) is 16.7 Å². The maximum Gasteiger partial charge on any atom is 0.266 e. The van der Waals surface area contributed by atoms with Gasteiger partial charge >= 0.3 is 0 Å². The van der Waals surface area contributed by atoms with Gasteiger partial charge in [-0.05, 0) is 74.2 Å². The Balaban J connectivity index is 1.51. The second-order valence-electron chi connectivity index (χ2n) is 9.47. The van der Waals surface area contributed by atoms with Crippen LogP contribution < -0.4 is 5.32 Å². The van der Waals surface area contributed by atoms with Gasteiger partial charge < -0.3 is 10.2 Å². The summed E-state index contributed by atoms with van der Waals surface area (Å²) in [7, 11) is 1.97. The molecule has 1 N–H and O–H groups in total. The molecule has 3 aromatic carbocycles. The highest BCUT2D eigenvalue weighted by molar-refractivity contribution is 7.21. The van der Waals surface area contributed by atoms with Crippen molar-refractivity contribution in [1.82, 2.24) is 10.2 Å². The van der Waals surface area contributed by atoms with Crippen molar-refractivity contribution in [2.24, 2.45) is 0 Å². The molecule has 0 saturated heterocycles. The van der Waals surface area contributed by atoms with Gasteiger partial charge in [0.2, 0.25) is 0 Å². The van der Waals surface area contributed by atoms with Gasteiger partial charge in [0.15, 0.2) is 0 Å². The predicted octanol–water partition coefficient (Wildman–Crippen LogP) is 7.41. The van der Waals surface area contributed by atoms with E-state index >= 15 is 4.39 Å². The van der Waals surface area contributed by atoms with Gasteiger partial charge in [-0.2, -0.15) is 5.26 Å². The molecule has 0 atom stereocenters. The van der Waals surface area contributed by atoms with Crippen LogP contribution in [0.2, 0.25) is 5.02 Å². The van der Waals surface area contributed by atoms with Crippen molar-refractivity contribution in [3.8, 4) is 17.2 Å². The summed E-state index contributed by atoms with van der Waals surface area (Å²) >= 11 is 8.09. The molecule has 7 heteroatoms. The zero-order chi connectivity index (χ0) is 25.9. The molecule has 0 unspecified atom stereocenters. The molecule has 4 aromatic rings. The zero-order valence-corrected chi connectivity index (χ0v) is 22.1. The molecule has 5 rings (SSSR count). The molecule has 1 saturated carbocycles. The summed E-state index contributed by atoms with van der Waals surface area (Å²) in [4.78, 5) is 16.3. The largest absolute Gasteiger partial charge is 0.330 e. The molecule has 4 nitrogen and oxygen atoms in total. The van der Waals surface area contributed by atoms with Gasteiger partial charge in [-0.15, -0.1) is 11.3 Å². The predicted molar refractivity (Wildman–Crippen MR) is 148 cm³/mol. The fourth-order valence-corrected chi connectivity index (χ4v) is 6.62. The molecule has 0 spiro atoms. The highest BCUT2D eigenvalue weighted by atomic mass is 35.5. The van der Waals surface area contributed by atoms with Crippen LogP contribution in [0.5, 0.6) is 0 Å². The van der Waals surface area contributed by atoms with E-state index < -0.39 is 0 Å². The second-order valence-corrected chi connectivity index (χ2v) is 10.9. The molecule has 0 radical (unpaired) electrons. The lowest BCUT2D eigenvalue weighted by Gasteiger charge is -2.37. The Labute approximate surface area is 225 Å². The van der Waals surface area contributed by atoms with Crippen molar-refractivity contribution in [3.05, 3.63) is 93.6 Å². The Morgan fingerprint density at radius 1 is 1.08 bits per heavy atom. The number of fused-ring (bicyclic) bond motifs is 1. The monoisotopic (exact) mass is 531 g/mol. The number of benzene rings is 3. The molecule has 0 bridgehead atoms. The van der Waals surface area contributed by atoms with E-state index in [2.05, 4.69) is 11.4 Å². The van der Waals surface area contributed by atoms with Gasteiger partial charge in [-0.3, -0.25) is 4.79 Å². The van der Waals surface area contributed by atoms with E-state index in [-0.39, 0.29) is 24.3 Å². The molecule has 1 aromatic heterocycles. The second kappa shape index (κ2) is 11.0. The summed E-state index contributed by atoms with van der Waals surface area (Å²) < 4.78 is 16.1. The Morgan fingerprint density at radius 2 is 1.84 bits per heavy atom. The summed E-state index contributed by atoms with van der Waals surface area (Å²) in [5.74, 6) is -0.514. The summed E-state index contributed by atoms with van der Waals surface area (Å²) in [6, 6.07) is 22.5. The summed E-state index contributed by atoms with van der Waals surface area (Å²) in [6.07, 6.45) is 3.58. The Kier molecular flexibility index (Phi) is 7.57. The van der Waals surface area contributed by atoms with Gasteiger partial charge in [0.25, 0.3) is 5.91 Å². The SMILES string of the molecule is CNC1CCC(N(Cc2cc(-c3cccc(C#N)c3)ccc2F)C(=O)c2sc3ccccc3c2Cl)CC1. The summed E-state index contributed by atoms with van der Waals surface area (Å²) in [5.41, 5.74) is 2.63. The third-order valence-electron chi connectivity index (χ3n) is 7.25. The van der Waals surface area contributed by atoms with Crippen LogP contribution >= 0.6 is 22.9 Å². The number of rotatable bonds is 6. The van der Waals surface area contributed by atoms with E-state index in [1.807, 2.05) is 48.3 Å². The van der Waals surface area contributed by atoms with Gasteiger partial charge in [-0.25, -0.2) is 4.39 Å². The fraction of sp³-hybridized carbons (Fsp3) is 0.267. The molecule has 188 valence electrons. The van der Waals surface area contributed by atoms with Crippen molar-refractivity contribution in [1.29, 1.82) is 5.26 Å². The first-order chi connectivity index (χ1) is 18.0. The van der Waals surface area contributed by atoms with E-state index in [9.17, 15) is 10.1 Å². The third-order valence-corrected chi connectivity index (χ3v) is 8.91. The zero-order valence-electron chi connectivity index (χ0n) is 20.5. The quantitative estimate of drug-likeness (QED) is 0.282. The van der Waals surface area contributed by atoms with E-state index in [0.29, 0.717) is 27.1 Å². The van der Waals surface area contributed by atoms with Crippen LogP contribution in [0.4, 0.5) is 4.39 Å². The smallest absolute Gasteiger partial charge is 0.266 e. The lowest BCUT2D eigenvalue weighted by atomic mass is 9.89. The van der Waals surface area contributed by atoms with Gasteiger partial charge in [0.1, 0.15) is 10.7 Å². The first-order valence-electron chi connectivity index (χ1n) is 12.4. The number of carbonyl (C=O) groups is 1. The minimum absolute atomic E-state index is 0.0108. The number of amides is 1. The van der Waals surface area contributed by atoms with Crippen LogP contribution in [-0.4, -0.2) is 29.9 Å². The van der Waals surface area contributed by atoms with Crippen LogP contribution in [0.1, 0.15) is 46.5 Å². The van der Waals surface area contributed by atoms with Crippen LogP contribution in [0, 0.1) is 17.1 Å². The van der Waals surface area contributed by atoms with Gasteiger partial charge in [0, 0.05) is 34.3 Å². The molecule has 37 heavy (non-hydrogen) atoms. The van der Waals surface area contributed by atoms with Crippen LogP contribution in [0.25, 0.3) is 21.2 Å². The average molecular weight is 532 g/mol. The number of nitriles is 1. The minimum atomic E-state index is -0.357. The van der Waals surface area contributed by atoms with Crippen molar-refractivity contribution >= 4 is 38.9 Å². The molecular weight excluding hydrogens is 505 g/mol. The molecule has 1 fully saturated rings. The molecule has 0 aliphatic heterocycles. The Hall–Kier alpha value is -3.24. The maximum absolute atomic E-state index is 15.2. The number of nitrogens with one attached hydrogen (secondary N) is 1. The lowest BCUT2D eigenvalue weighted by molar-refractivity contribution is 0.0604. The first kappa shape index (κ1) is 25.4. The third kappa shape index (κ3) is 5.26. The average Bonchev–Trinajstić information content (AvgIpc) is 3.28. The Morgan fingerprint density at radius 3 is 2.57 bits per heavy atom. The van der Waals surface area contributed by atoms with Crippen LogP contribution in [0.15, 0.2) is 66.7 Å². The lowest BCUT2D eigenvalue weighted by Crippen LogP contribution is -2.44. The fourth-order valence-electron chi connectivity index (χ4n) is 5.15. The number of hydrogen-bond acceptors (Lipinski definition) is 4. The normalized spacial score (nSPS) is 17.5. The number of halogens is 2. The standard InChI is InChI=1S/C30H27ClFN3OS/c1-34-23-10-12-24(13-11-23)35(30(36)29-28(31)25-7-2-3-8-27(25)37-29)18-22-16-21(9-14-26(22)32)20-6-4-5-19(15-20)17-33/h2-9,14-16,23-24,34H,10-13,18H2,1H3. The molecule has 1 aliphatic carbocycles.